The van der Waals surface area contributed by atoms with E-state index in [0.29, 0.717) is 12.1 Å². The molecule has 0 amide bonds. The van der Waals surface area contributed by atoms with E-state index in [1.165, 1.54) is 6.07 Å². The summed E-state index contributed by atoms with van der Waals surface area (Å²) >= 11 is 3.45. The molecule has 1 nitrogen and oxygen atoms in total. The minimum Gasteiger partial charge on any atom is -0.381 e. The molecule has 3 heteroatoms. The Kier molecular flexibility index (Phi) is 3.79. The number of rotatable bonds is 3. The molecule has 2 aromatic carbocycles. The first-order valence-corrected chi connectivity index (χ1v) is 6.19. The Labute approximate surface area is 109 Å². The molecule has 2 rings (SSSR count). The van der Waals surface area contributed by atoms with Gasteiger partial charge >= 0.3 is 0 Å². The third-order valence-corrected chi connectivity index (χ3v) is 3.49. The van der Waals surface area contributed by atoms with Gasteiger partial charge in [-0.2, -0.15) is 0 Å². The largest absolute Gasteiger partial charge is 0.381 e. The monoisotopic (exact) mass is 293 g/mol. The lowest BCUT2D eigenvalue weighted by Gasteiger charge is -2.08. The van der Waals surface area contributed by atoms with Gasteiger partial charge in [0.15, 0.2) is 0 Å². The number of halogens is 2. The molecule has 0 atom stereocenters. The fourth-order valence-electron chi connectivity index (χ4n) is 1.59. The van der Waals surface area contributed by atoms with Crippen LogP contribution in [-0.2, 0) is 6.54 Å². The molecule has 0 spiro atoms. The number of benzene rings is 2. The van der Waals surface area contributed by atoms with Crippen molar-refractivity contribution in [3.63, 3.8) is 0 Å². The van der Waals surface area contributed by atoms with Crippen LogP contribution in [0.4, 0.5) is 10.1 Å². The quantitative estimate of drug-likeness (QED) is 0.878. The van der Waals surface area contributed by atoms with Gasteiger partial charge in [-0.15, -0.1) is 0 Å². The summed E-state index contributed by atoms with van der Waals surface area (Å²) in [6.07, 6.45) is 0. The molecule has 0 bridgehead atoms. The van der Waals surface area contributed by atoms with Crippen molar-refractivity contribution in [2.75, 3.05) is 5.32 Å². The third-order valence-electron chi connectivity index (χ3n) is 2.60. The molecule has 0 aliphatic carbocycles. The summed E-state index contributed by atoms with van der Waals surface area (Å²) in [5, 5.41) is 3.21. The summed E-state index contributed by atoms with van der Waals surface area (Å²) in [5.74, 6) is -0.172. The molecule has 2 aromatic rings. The molecule has 0 saturated heterocycles. The van der Waals surface area contributed by atoms with Crippen molar-refractivity contribution in [3.05, 3.63) is 63.9 Å². The van der Waals surface area contributed by atoms with Crippen LogP contribution in [0.2, 0.25) is 0 Å². The second-order valence-corrected chi connectivity index (χ2v) is 4.76. The normalized spacial score (nSPS) is 10.3. The lowest BCUT2D eigenvalue weighted by Crippen LogP contribution is -2.01. The van der Waals surface area contributed by atoms with Gasteiger partial charge in [-0.1, -0.05) is 34.1 Å². The smallest absolute Gasteiger partial charge is 0.128 e. The van der Waals surface area contributed by atoms with Gasteiger partial charge in [0, 0.05) is 22.3 Å². The molecule has 0 fully saturated rings. The van der Waals surface area contributed by atoms with Crippen LogP contribution in [0, 0.1) is 12.7 Å². The number of aryl methyl sites for hydroxylation is 1. The molecule has 0 aromatic heterocycles. The van der Waals surface area contributed by atoms with Crippen molar-refractivity contribution in [2.24, 2.45) is 0 Å². The first-order chi connectivity index (χ1) is 8.16. The van der Waals surface area contributed by atoms with Crippen molar-refractivity contribution in [1.29, 1.82) is 0 Å². The highest BCUT2D eigenvalue weighted by atomic mass is 79.9. The highest BCUT2D eigenvalue weighted by molar-refractivity contribution is 9.10. The van der Waals surface area contributed by atoms with Crippen molar-refractivity contribution < 1.29 is 4.39 Å². The molecular weight excluding hydrogens is 281 g/mol. The Bertz CT molecular complexity index is 525. The van der Waals surface area contributed by atoms with Crippen LogP contribution in [0.1, 0.15) is 11.1 Å². The standard InChI is InChI=1S/C14H13BrFN/c1-10-8-12(6-7-13(10)15)17-9-11-4-2-3-5-14(11)16/h2-8,17H,9H2,1H3. The SMILES string of the molecule is Cc1cc(NCc2ccccc2F)ccc1Br. The molecule has 0 heterocycles. The molecule has 0 aliphatic heterocycles. The lowest BCUT2D eigenvalue weighted by molar-refractivity contribution is 0.613. The summed E-state index contributed by atoms with van der Waals surface area (Å²) in [7, 11) is 0. The average Bonchev–Trinajstić information content (AvgIpc) is 2.32. The molecular formula is C14H13BrFN. The molecule has 17 heavy (non-hydrogen) atoms. The Balaban J connectivity index is 2.08. The van der Waals surface area contributed by atoms with E-state index >= 15 is 0 Å². The number of anilines is 1. The van der Waals surface area contributed by atoms with Crippen LogP contribution in [0.25, 0.3) is 0 Å². The topological polar surface area (TPSA) is 12.0 Å². The summed E-state index contributed by atoms with van der Waals surface area (Å²) in [6.45, 7) is 2.52. The van der Waals surface area contributed by atoms with Gasteiger partial charge in [-0.05, 0) is 36.8 Å². The average molecular weight is 294 g/mol. The van der Waals surface area contributed by atoms with Crippen LogP contribution < -0.4 is 5.32 Å². The maximum atomic E-state index is 13.4. The predicted molar refractivity (Wildman–Crippen MR) is 72.6 cm³/mol. The van der Waals surface area contributed by atoms with E-state index in [1.807, 2.05) is 31.2 Å². The van der Waals surface area contributed by atoms with Gasteiger partial charge in [-0.25, -0.2) is 4.39 Å². The zero-order chi connectivity index (χ0) is 12.3. The highest BCUT2D eigenvalue weighted by Gasteiger charge is 2.01. The van der Waals surface area contributed by atoms with E-state index in [2.05, 4.69) is 21.2 Å². The molecule has 0 aliphatic rings. The van der Waals surface area contributed by atoms with Crippen molar-refractivity contribution in [3.8, 4) is 0 Å². The minimum atomic E-state index is -0.172. The molecule has 0 unspecified atom stereocenters. The third kappa shape index (κ3) is 3.07. The van der Waals surface area contributed by atoms with E-state index < -0.39 is 0 Å². The van der Waals surface area contributed by atoms with E-state index in [4.69, 9.17) is 0 Å². The molecule has 1 N–H and O–H groups in total. The van der Waals surface area contributed by atoms with Crippen LogP contribution in [-0.4, -0.2) is 0 Å². The van der Waals surface area contributed by atoms with Crippen molar-refractivity contribution in [2.45, 2.75) is 13.5 Å². The second-order valence-electron chi connectivity index (χ2n) is 3.91. The Hall–Kier alpha value is -1.35. The number of hydrogen-bond acceptors (Lipinski definition) is 1. The lowest BCUT2D eigenvalue weighted by atomic mass is 10.2. The van der Waals surface area contributed by atoms with Gasteiger partial charge < -0.3 is 5.32 Å². The molecule has 0 radical (unpaired) electrons. The van der Waals surface area contributed by atoms with Crippen molar-refractivity contribution in [1.82, 2.24) is 0 Å². The molecule has 0 saturated carbocycles. The van der Waals surface area contributed by atoms with Gasteiger partial charge in [0.1, 0.15) is 5.82 Å². The number of nitrogens with one attached hydrogen (secondary N) is 1. The second kappa shape index (κ2) is 5.32. The zero-order valence-electron chi connectivity index (χ0n) is 9.50. The van der Waals surface area contributed by atoms with Gasteiger partial charge in [0.2, 0.25) is 0 Å². The van der Waals surface area contributed by atoms with Crippen LogP contribution in [0.15, 0.2) is 46.9 Å². The maximum absolute atomic E-state index is 13.4. The summed E-state index contributed by atoms with van der Waals surface area (Å²) < 4.78 is 14.5. The van der Waals surface area contributed by atoms with Crippen molar-refractivity contribution >= 4 is 21.6 Å². The first kappa shape index (κ1) is 12.1. The fourth-order valence-corrected chi connectivity index (χ4v) is 1.84. The van der Waals surface area contributed by atoms with Gasteiger partial charge in [0.25, 0.3) is 0 Å². The van der Waals surface area contributed by atoms with E-state index in [-0.39, 0.29) is 5.82 Å². The maximum Gasteiger partial charge on any atom is 0.128 e. The first-order valence-electron chi connectivity index (χ1n) is 5.40. The molecule has 88 valence electrons. The van der Waals surface area contributed by atoms with Crippen LogP contribution in [0.3, 0.4) is 0 Å². The van der Waals surface area contributed by atoms with Crippen LogP contribution in [0.5, 0.6) is 0 Å². The van der Waals surface area contributed by atoms with Gasteiger partial charge in [0.05, 0.1) is 0 Å². The minimum absolute atomic E-state index is 0.172. The fraction of sp³-hybridized carbons (Fsp3) is 0.143. The Morgan fingerprint density at radius 1 is 1.18 bits per heavy atom. The highest BCUT2D eigenvalue weighted by Crippen LogP contribution is 2.20. The summed E-state index contributed by atoms with van der Waals surface area (Å²) in [5.41, 5.74) is 2.82. The van der Waals surface area contributed by atoms with E-state index in [9.17, 15) is 4.39 Å². The zero-order valence-corrected chi connectivity index (χ0v) is 11.1. The van der Waals surface area contributed by atoms with E-state index in [0.717, 1.165) is 15.7 Å². The number of hydrogen-bond donors (Lipinski definition) is 1. The Morgan fingerprint density at radius 2 is 1.94 bits per heavy atom. The van der Waals surface area contributed by atoms with E-state index in [1.54, 1.807) is 12.1 Å². The summed E-state index contributed by atoms with van der Waals surface area (Å²) in [6, 6.07) is 12.8. The van der Waals surface area contributed by atoms with Gasteiger partial charge in [-0.3, -0.25) is 0 Å². The Morgan fingerprint density at radius 3 is 2.65 bits per heavy atom. The van der Waals surface area contributed by atoms with Crippen LogP contribution >= 0.6 is 15.9 Å². The predicted octanol–water partition coefficient (Wildman–Crippen LogP) is 4.51. The summed E-state index contributed by atoms with van der Waals surface area (Å²) in [4.78, 5) is 0.